The lowest BCUT2D eigenvalue weighted by Gasteiger charge is -2.22. The first kappa shape index (κ1) is 12.3. The van der Waals surface area contributed by atoms with E-state index in [1.807, 2.05) is 32.0 Å². The smallest absolute Gasteiger partial charge is 0.0741 e. The number of halogens is 1. The molecule has 0 heterocycles. The Morgan fingerprint density at radius 3 is 2.60 bits per heavy atom. The summed E-state index contributed by atoms with van der Waals surface area (Å²) in [5, 5.41) is 4.13. The van der Waals surface area contributed by atoms with Gasteiger partial charge in [0.1, 0.15) is 0 Å². The molecule has 15 heavy (non-hydrogen) atoms. The van der Waals surface area contributed by atoms with Gasteiger partial charge in [-0.1, -0.05) is 23.7 Å². The zero-order chi connectivity index (χ0) is 11.4. The zero-order valence-electron chi connectivity index (χ0n) is 9.67. The number of hydrogen-bond acceptors (Lipinski definition) is 2. The van der Waals surface area contributed by atoms with Crippen LogP contribution in [0.3, 0.4) is 0 Å². The van der Waals surface area contributed by atoms with Crippen molar-refractivity contribution in [2.45, 2.75) is 32.9 Å². The van der Waals surface area contributed by atoms with Crippen LogP contribution in [0.25, 0.3) is 0 Å². The van der Waals surface area contributed by atoms with Crippen molar-refractivity contribution in [1.82, 2.24) is 0 Å². The predicted octanol–water partition coefficient (Wildman–Crippen LogP) is 3.48. The highest BCUT2D eigenvalue weighted by Gasteiger charge is 2.12. The summed E-state index contributed by atoms with van der Waals surface area (Å²) in [5.41, 5.74) is 2.05. The van der Waals surface area contributed by atoms with Gasteiger partial charge in [-0.25, -0.2) is 0 Å². The summed E-state index contributed by atoms with van der Waals surface area (Å²) in [5.74, 6) is 0. The van der Waals surface area contributed by atoms with E-state index in [-0.39, 0.29) is 12.1 Å². The van der Waals surface area contributed by atoms with E-state index >= 15 is 0 Å². The quantitative estimate of drug-likeness (QED) is 0.851. The molecule has 0 aliphatic rings. The molecule has 0 bridgehead atoms. The summed E-state index contributed by atoms with van der Waals surface area (Å²) < 4.78 is 5.25. The Morgan fingerprint density at radius 2 is 2.00 bits per heavy atom. The van der Waals surface area contributed by atoms with Gasteiger partial charge in [0.15, 0.2) is 0 Å². The molecule has 1 aromatic rings. The number of nitrogens with one attached hydrogen (secondary N) is 1. The van der Waals surface area contributed by atoms with Gasteiger partial charge < -0.3 is 10.1 Å². The fourth-order valence-corrected chi connectivity index (χ4v) is 1.51. The second kappa shape index (κ2) is 5.38. The largest absolute Gasteiger partial charge is 0.380 e. The second-order valence-electron chi connectivity index (χ2n) is 3.81. The number of methoxy groups -OCH3 is 1. The highest BCUT2D eigenvalue weighted by atomic mass is 35.5. The number of aryl methyl sites for hydroxylation is 1. The molecule has 0 radical (unpaired) electrons. The van der Waals surface area contributed by atoms with Gasteiger partial charge in [0.05, 0.1) is 16.8 Å². The second-order valence-corrected chi connectivity index (χ2v) is 4.19. The summed E-state index contributed by atoms with van der Waals surface area (Å²) in [6.45, 7) is 6.10. The molecule has 1 rings (SSSR count). The van der Waals surface area contributed by atoms with Crippen LogP contribution in [-0.2, 0) is 4.74 Å². The summed E-state index contributed by atoms with van der Waals surface area (Å²) in [7, 11) is 1.71. The van der Waals surface area contributed by atoms with E-state index in [1.54, 1.807) is 7.11 Å². The molecule has 2 nitrogen and oxygen atoms in total. The van der Waals surface area contributed by atoms with Gasteiger partial charge in [0.25, 0.3) is 0 Å². The standard InChI is InChI=1S/C12H18ClNO/c1-8-6-5-7-11(12(8)13)14-9(2)10(3)15-4/h5-7,9-10,14H,1-4H3. The average Bonchev–Trinajstić information content (AvgIpc) is 2.23. The Balaban J connectivity index is 2.76. The molecule has 1 N–H and O–H groups in total. The van der Waals surface area contributed by atoms with Crippen LogP contribution in [0.4, 0.5) is 5.69 Å². The summed E-state index contributed by atoms with van der Waals surface area (Å²) in [6, 6.07) is 6.20. The van der Waals surface area contributed by atoms with Crippen LogP contribution >= 0.6 is 11.6 Å². The summed E-state index contributed by atoms with van der Waals surface area (Å²) >= 11 is 6.18. The third-order valence-corrected chi connectivity index (χ3v) is 3.15. The van der Waals surface area contributed by atoms with Crippen molar-refractivity contribution >= 4 is 17.3 Å². The first-order valence-corrected chi connectivity index (χ1v) is 5.48. The molecule has 0 amide bonds. The Hall–Kier alpha value is -0.730. The predicted molar refractivity (Wildman–Crippen MR) is 65.7 cm³/mol. The third-order valence-electron chi connectivity index (χ3n) is 2.65. The van der Waals surface area contributed by atoms with Crippen LogP contribution in [0.1, 0.15) is 19.4 Å². The maximum atomic E-state index is 6.18. The summed E-state index contributed by atoms with van der Waals surface area (Å²) in [6.07, 6.45) is 0.154. The summed E-state index contributed by atoms with van der Waals surface area (Å²) in [4.78, 5) is 0. The van der Waals surface area contributed by atoms with Crippen LogP contribution in [0.15, 0.2) is 18.2 Å². The molecule has 0 spiro atoms. The van der Waals surface area contributed by atoms with Gasteiger partial charge in [-0.3, -0.25) is 0 Å². The topological polar surface area (TPSA) is 21.3 Å². The molecule has 2 atom stereocenters. The zero-order valence-corrected chi connectivity index (χ0v) is 10.4. The van der Waals surface area contributed by atoms with E-state index in [0.717, 1.165) is 16.3 Å². The monoisotopic (exact) mass is 227 g/mol. The Kier molecular flexibility index (Phi) is 4.43. The lowest BCUT2D eigenvalue weighted by molar-refractivity contribution is 0.106. The average molecular weight is 228 g/mol. The molecule has 0 saturated heterocycles. The van der Waals surface area contributed by atoms with Crippen molar-refractivity contribution in [2.75, 3.05) is 12.4 Å². The molecule has 84 valence electrons. The fourth-order valence-electron chi connectivity index (χ4n) is 1.33. The van der Waals surface area contributed by atoms with Crippen molar-refractivity contribution in [2.24, 2.45) is 0 Å². The Bertz CT molecular complexity index is 327. The van der Waals surface area contributed by atoms with E-state index in [0.29, 0.717) is 0 Å². The highest BCUT2D eigenvalue weighted by molar-refractivity contribution is 6.34. The van der Waals surface area contributed by atoms with Crippen LogP contribution in [0, 0.1) is 6.92 Å². The minimum absolute atomic E-state index is 0.154. The molecule has 0 aromatic heterocycles. The normalized spacial score (nSPS) is 14.7. The minimum atomic E-state index is 0.154. The van der Waals surface area contributed by atoms with E-state index in [1.165, 1.54) is 0 Å². The third kappa shape index (κ3) is 3.11. The molecular weight excluding hydrogens is 210 g/mol. The van der Waals surface area contributed by atoms with Gasteiger partial charge in [-0.2, -0.15) is 0 Å². The van der Waals surface area contributed by atoms with Crippen molar-refractivity contribution < 1.29 is 4.74 Å². The van der Waals surface area contributed by atoms with Crippen molar-refractivity contribution in [3.8, 4) is 0 Å². The van der Waals surface area contributed by atoms with Gasteiger partial charge in [-0.15, -0.1) is 0 Å². The molecule has 0 aliphatic heterocycles. The molecule has 3 heteroatoms. The van der Waals surface area contributed by atoms with E-state index < -0.39 is 0 Å². The molecule has 0 saturated carbocycles. The molecular formula is C12H18ClNO. The van der Waals surface area contributed by atoms with Crippen LogP contribution < -0.4 is 5.32 Å². The van der Waals surface area contributed by atoms with E-state index in [4.69, 9.17) is 16.3 Å². The first-order chi connectivity index (χ1) is 7.06. The van der Waals surface area contributed by atoms with E-state index in [2.05, 4.69) is 12.2 Å². The lowest BCUT2D eigenvalue weighted by atomic mass is 10.1. The number of rotatable bonds is 4. The molecule has 2 unspecified atom stereocenters. The van der Waals surface area contributed by atoms with E-state index in [9.17, 15) is 0 Å². The number of hydrogen-bond donors (Lipinski definition) is 1. The SMILES string of the molecule is COC(C)C(C)Nc1cccc(C)c1Cl. The number of ether oxygens (including phenoxy) is 1. The fraction of sp³-hybridized carbons (Fsp3) is 0.500. The van der Waals surface area contributed by atoms with Crippen molar-refractivity contribution in [3.05, 3.63) is 28.8 Å². The van der Waals surface area contributed by atoms with Crippen molar-refractivity contribution in [1.29, 1.82) is 0 Å². The van der Waals surface area contributed by atoms with Gasteiger partial charge in [0, 0.05) is 13.2 Å². The molecule has 1 aromatic carbocycles. The molecule has 0 fully saturated rings. The Morgan fingerprint density at radius 1 is 1.33 bits per heavy atom. The van der Waals surface area contributed by atoms with Crippen molar-refractivity contribution in [3.63, 3.8) is 0 Å². The number of benzene rings is 1. The van der Waals surface area contributed by atoms with Gasteiger partial charge >= 0.3 is 0 Å². The maximum Gasteiger partial charge on any atom is 0.0741 e. The van der Waals surface area contributed by atoms with Crippen LogP contribution in [-0.4, -0.2) is 19.3 Å². The van der Waals surface area contributed by atoms with Gasteiger partial charge in [0.2, 0.25) is 0 Å². The van der Waals surface area contributed by atoms with Gasteiger partial charge in [-0.05, 0) is 32.4 Å². The minimum Gasteiger partial charge on any atom is -0.380 e. The Labute approximate surface area is 96.6 Å². The number of anilines is 1. The van der Waals surface area contributed by atoms with Crippen LogP contribution in [0.5, 0.6) is 0 Å². The highest BCUT2D eigenvalue weighted by Crippen LogP contribution is 2.26. The maximum absolute atomic E-state index is 6.18. The van der Waals surface area contributed by atoms with Crippen LogP contribution in [0.2, 0.25) is 5.02 Å². The first-order valence-electron chi connectivity index (χ1n) is 5.10. The molecule has 0 aliphatic carbocycles. The lowest BCUT2D eigenvalue weighted by Crippen LogP contribution is -2.29.